The summed E-state index contributed by atoms with van der Waals surface area (Å²) < 4.78 is 5.95. The van der Waals surface area contributed by atoms with Gasteiger partial charge in [-0.05, 0) is 45.2 Å². The molecule has 140 valence electrons. The number of carboxylic acid groups (broad SMARTS) is 1. The highest BCUT2D eigenvalue weighted by Crippen LogP contribution is 2.32. The van der Waals surface area contributed by atoms with Crippen molar-refractivity contribution in [3.8, 4) is 5.75 Å². The van der Waals surface area contributed by atoms with Gasteiger partial charge in [0.15, 0.2) is 0 Å². The van der Waals surface area contributed by atoms with Gasteiger partial charge in [0.2, 0.25) is 11.5 Å². The van der Waals surface area contributed by atoms with Gasteiger partial charge in [-0.1, -0.05) is 12.2 Å². The first-order valence-corrected chi connectivity index (χ1v) is 9.22. The van der Waals surface area contributed by atoms with Crippen molar-refractivity contribution in [2.24, 2.45) is 5.92 Å². The molecule has 1 amide bonds. The van der Waals surface area contributed by atoms with E-state index in [4.69, 9.17) is 4.74 Å². The van der Waals surface area contributed by atoms with Crippen molar-refractivity contribution < 1.29 is 19.4 Å². The van der Waals surface area contributed by atoms with E-state index in [0.717, 1.165) is 25.0 Å². The quantitative estimate of drug-likeness (QED) is 0.837. The lowest BCUT2D eigenvalue weighted by molar-refractivity contribution is -0.162. The minimum absolute atomic E-state index is 0.0294. The third kappa shape index (κ3) is 3.74. The standard InChI is InChI=1S/C20H26N2O4/c1-14-8-9-17(15(2)21-14)26-20(19(24)25)10-12-22(13-11-20)18(23)16-6-4-3-5-7-16/h3-4,8-9,16H,5-7,10-13H2,1-2H3,(H,24,25)/t16-/m0/s1. The normalized spacial score (nSPS) is 22.1. The number of pyridine rings is 1. The number of rotatable bonds is 4. The van der Waals surface area contributed by atoms with Crippen molar-refractivity contribution in [2.45, 2.75) is 51.6 Å². The number of allylic oxidation sites excluding steroid dienone is 2. The number of carbonyl (C=O) groups is 2. The molecule has 3 rings (SSSR count). The molecule has 0 spiro atoms. The number of piperidine rings is 1. The van der Waals surface area contributed by atoms with Gasteiger partial charge in [-0.2, -0.15) is 0 Å². The molecule has 2 heterocycles. The molecular weight excluding hydrogens is 332 g/mol. The molecule has 1 atom stereocenters. The number of amides is 1. The number of likely N-dealkylation sites (tertiary alicyclic amines) is 1. The Morgan fingerprint density at radius 3 is 2.54 bits per heavy atom. The minimum Gasteiger partial charge on any atom is -0.478 e. The molecule has 6 heteroatoms. The van der Waals surface area contributed by atoms with E-state index in [1.807, 2.05) is 19.9 Å². The van der Waals surface area contributed by atoms with Crippen LogP contribution in [0.3, 0.4) is 0 Å². The smallest absolute Gasteiger partial charge is 0.348 e. The van der Waals surface area contributed by atoms with E-state index in [-0.39, 0.29) is 24.7 Å². The molecule has 6 nitrogen and oxygen atoms in total. The van der Waals surface area contributed by atoms with E-state index < -0.39 is 11.6 Å². The Hall–Kier alpha value is -2.37. The second kappa shape index (κ2) is 7.48. The molecule has 1 N–H and O–H groups in total. The summed E-state index contributed by atoms with van der Waals surface area (Å²) in [6.45, 7) is 4.51. The summed E-state index contributed by atoms with van der Waals surface area (Å²) >= 11 is 0. The number of nitrogens with zero attached hydrogens (tertiary/aromatic N) is 2. The second-order valence-electron chi connectivity index (χ2n) is 7.24. The van der Waals surface area contributed by atoms with E-state index in [9.17, 15) is 14.7 Å². The van der Waals surface area contributed by atoms with Crippen LogP contribution in [0.1, 0.15) is 43.5 Å². The fourth-order valence-electron chi connectivity index (χ4n) is 3.72. The molecule has 1 aliphatic heterocycles. The van der Waals surface area contributed by atoms with Crippen LogP contribution in [0.4, 0.5) is 0 Å². The van der Waals surface area contributed by atoms with Gasteiger partial charge in [-0.25, -0.2) is 4.79 Å². The van der Waals surface area contributed by atoms with Crippen molar-refractivity contribution in [1.29, 1.82) is 0 Å². The summed E-state index contributed by atoms with van der Waals surface area (Å²) in [7, 11) is 0. The van der Waals surface area contributed by atoms with Crippen molar-refractivity contribution in [2.75, 3.05) is 13.1 Å². The SMILES string of the molecule is Cc1ccc(OC2(C(=O)O)CCN(C(=O)[C@H]3CC=CCC3)CC2)c(C)n1. The molecule has 1 aromatic heterocycles. The van der Waals surface area contributed by atoms with Gasteiger partial charge in [0.05, 0.1) is 5.69 Å². The zero-order valence-corrected chi connectivity index (χ0v) is 15.4. The summed E-state index contributed by atoms with van der Waals surface area (Å²) in [4.78, 5) is 30.8. The largest absolute Gasteiger partial charge is 0.478 e. The average Bonchev–Trinajstić information content (AvgIpc) is 2.64. The summed E-state index contributed by atoms with van der Waals surface area (Å²) in [6, 6.07) is 3.58. The maximum atomic E-state index is 12.7. The Balaban J connectivity index is 1.69. The fourth-order valence-corrected chi connectivity index (χ4v) is 3.72. The van der Waals surface area contributed by atoms with E-state index in [1.165, 1.54) is 0 Å². The second-order valence-corrected chi connectivity index (χ2v) is 7.24. The van der Waals surface area contributed by atoms with Crippen LogP contribution < -0.4 is 4.74 Å². The topological polar surface area (TPSA) is 79.7 Å². The van der Waals surface area contributed by atoms with E-state index >= 15 is 0 Å². The Kier molecular flexibility index (Phi) is 5.30. The number of aryl methyl sites for hydroxylation is 2. The number of carbonyl (C=O) groups excluding carboxylic acids is 1. The third-order valence-electron chi connectivity index (χ3n) is 5.37. The number of ether oxygens (including phenoxy) is 1. The van der Waals surface area contributed by atoms with Crippen molar-refractivity contribution >= 4 is 11.9 Å². The van der Waals surface area contributed by atoms with Crippen LogP contribution in [0, 0.1) is 19.8 Å². The molecule has 0 aromatic carbocycles. The van der Waals surface area contributed by atoms with Gasteiger partial charge in [0.1, 0.15) is 5.75 Å². The highest BCUT2D eigenvalue weighted by molar-refractivity contribution is 5.81. The lowest BCUT2D eigenvalue weighted by Gasteiger charge is -2.40. The van der Waals surface area contributed by atoms with Crippen molar-refractivity contribution in [3.05, 3.63) is 35.7 Å². The predicted octanol–water partition coefficient (Wildman–Crippen LogP) is 2.88. The Labute approximate surface area is 153 Å². The number of carboxylic acids is 1. The van der Waals surface area contributed by atoms with Gasteiger partial charge in [-0.3, -0.25) is 9.78 Å². The zero-order valence-electron chi connectivity index (χ0n) is 15.4. The summed E-state index contributed by atoms with van der Waals surface area (Å²) in [5.74, 6) is -0.316. The molecule has 2 aliphatic rings. The van der Waals surface area contributed by atoms with E-state index in [1.54, 1.807) is 11.0 Å². The van der Waals surface area contributed by atoms with Gasteiger partial charge in [0.25, 0.3) is 0 Å². The first-order chi connectivity index (χ1) is 12.4. The van der Waals surface area contributed by atoms with Crippen LogP contribution in [0.2, 0.25) is 0 Å². The maximum Gasteiger partial charge on any atom is 0.348 e. The van der Waals surface area contributed by atoms with Crippen molar-refractivity contribution in [1.82, 2.24) is 9.88 Å². The molecular formula is C20H26N2O4. The highest BCUT2D eigenvalue weighted by atomic mass is 16.5. The average molecular weight is 358 g/mol. The van der Waals surface area contributed by atoms with Crippen LogP contribution in [-0.4, -0.2) is 45.6 Å². The first-order valence-electron chi connectivity index (χ1n) is 9.22. The fraction of sp³-hybridized carbons (Fsp3) is 0.550. The van der Waals surface area contributed by atoms with Crippen LogP contribution >= 0.6 is 0 Å². The number of hydrogen-bond acceptors (Lipinski definition) is 4. The Morgan fingerprint density at radius 1 is 1.23 bits per heavy atom. The number of hydrogen-bond donors (Lipinski definition) is 1. The molecule has 1 saturated heterocycles. The minimum atomic E-state index is -1.30. The third-order valence-corrected chi connectivity index (χ3v) is 5.37. The van der Waals surface area contributed by atoms with Crippen molar-refractivity contribution in [3.63, 3.8) is 0 Å². The van der Waals surface area contributed by atoms with Crippen LogP contribution in [0.5, 0.6) is 5.75 Å². The summed E-state index contributed by atoms with van der Waals surface area (Å²) in [5, 5.41) is 9.81. The monoisotopic (exact) mass is 358 g/mol. The molecule has 0 bridgehead atoms. The van der Waals surface area contributed by atoms with E-state index in [2.05, 4.69) is 17.1 Å². The first kappa shape index (κ1) is 18.4. The van der Waals surface area contributed by atoms with Crippen LogP contribution in [0.25, 0.3) is 0 Å². The number of aliphatic carboxylic acids is 1. The molecule has 26 heavy (non-hydrogen) atoms. The zero-order chi connectivity index (χ0) is 18.7. The lowest BCUT2D eigenvalue weighted by atomic mass is 9.88. The van der Waals surface area contributed by atoms with Gasteiger partial charge in [-0.15, -0.1) is 0 Å². The summed E-state index contributed by atoms with van der Waals surface area (Å²) in [5.41, 5.74) is 0.240. The molecule has 0 saturated carbocycles. The highest BCUT2D eigenvalue weighted by Gasteiger charge is 2.45. The number of aromatic nitrogens is 1. The van der Waals surface area contributed by atoms with Gasteiger partial charge >= 0.3 is 5.97 Å². The Morgan fingerprint density at radius 2 is 1.96 bits per heavy atom. The van der Waals surface area contributed by atoms with Crippen LogP contribution in [-0.2, 0) is 9.59 Å². The van der Waals surface area contributed by atoms with Gasteiger partial charge < -0.3 is 14.7 Å². The van der Waals surface area contributed by atoms with Gasteiger partial charge in [0, 0.05) is 37.5 Å². The lowest BCUT2D eigenvalue weighted by Crippen LogP contribution is -2.55. The molecule has 1 fully saturated rings. The van der Waals surface area contributed by atoms with E-state index in [0.29, 0.717) is 24.5 Å². The predicted molar refractivity (Wildman–Crippen MR) is 97.0 cm³/mol. The molecule has 1 aromatic rings. The molecule has 0 unspecified atom stereocenters. The summed E-state index contributed by atoms with van der Waals surface area (Å²) in [6.07, 6.45) is 7.33. The maximum absolute atomic E-state index is 12.7. The Bertz CT molecular complexity index is 721. The molecule has 1 aliphatic carbocycles. The van der Waals surface area contributed by atoms with Crippen LogP contribution in [0.15, 0.2) is 24.3 Å². The molecule has 0 radical (unpaired) electrons.